The van der Waals surface area contributed by atoms with Crippen LogP contribution in [0.15, 0.2) is 47.5 Å². The molecule has 2 aliphatic heterocycles. The van der Waals surface area contributed by atoms with Crippen LogP contribution in [0, 0.1) is 17.2 Å². The van der Waals surface area contributed by atoms with Gasteiger partial charge in [-0.1, -0.05) is 12.1 Å². The number of H-pyrrole nitrogens is 1. The molecule has 5 rings (SSSR count). The summed E-state index contributed by atoms with van der Waals surface area (Å²) >= 11 is 0. The van der Waals surface area contributed by atoms with Gasteiger partial charge in [0.05, 0.1) is 11.6 Å². The first-order valence-corrected chi connectivity index (χ1v) is 10.0. The number of anilines is 2. The number of nitrogens with zero attached hydrogens (tertiary/aromatic N) is 3. The van der Waals surface area contributed by atoms with E-state index in [2.05, 4.69) is 25.6 Å². The lowest BCUT2D eigenvalue weighted by atomic mass is 9.80. The van der Waals surface area contributed by atoms with E-state index in [0.717, 1.165) is 5.56 Å². The number of hydrogen-bond acceptors (Lipinski definition) is 8. The summed E-state index contributed by atoms with van der Waals surface area (Å²) < 4.78 is 11.1. The van der Waals surface area contributed by atoms with Crippen molar-refractivity contribution in [1.29, 1.82) is 5.26 Å². The van der Waals surface area contributed by atoms with Crippen LogP contribution in [0.3, 0.4) is 0 Å². The number of hydrogen-bond donors (Lipinski definition) is 3. The Hall–Kier alpha value is -4.39. The molecule has 10 heteroatoms. The third-order valence-electron chi connectivity index (χ3n) is 5.37. The number of carbonyl (C=O) groups excluding carboxylic acids is 1. The molecule has 4 heterocycles. The Bertz CT molecular complexity index is 1280. The number of nitrogens with one attached hydrogen (secondary N) is 3. The van der Waals surface area contributed by atoms with Gasteiger partial charge in [0, 0.05) is 24.9 Å². The van der Waals surface area contributed by atoms with Crippen LogP contribution in [0.2, 0.25) is 0 Å². The molecule has 2 unspecified atom stereocenters. The maximum atomic E-state index is 13.0. The molecule has 2 atom stereocenters. The van der Waals surface area contributed by atoms with E-state index in [1.165, 1.54) is 0 Å². The van der Waals surface area contributed by atoms with Gasteiger partial charge >= 0.3 is 0 Å². The van der Waals surface area contributed by atoms with Crippen molar-refractivity contribution < 1.29 is 14.3 Å². The third-order valence-corrected chi connectivity index (χ3v) is 5.37. The van der Waals surface area contributed by atoms with Crippen LogP contribution in [-0.2, 0) is 11.3 Å². The molecular formula is C22H18N6O4. The number of ether oxygens (including phenoxy) is 2. The number of rotatable bonds is 4. The maximum Gasteiger partial charge on any atom is 0.258 e. The highest BCUT2D eigenvalue weighted by Crippen LogP contribution is 2.37. The van der Waals surface area contributed by atoms with Crippen molar-refractivity contribution in [3.8, 4) is 17.6 Å². The topological polar surface area (TPSA) is 142 Å². The van der Waals surface area contributed by atoms with Gasteiger partial charge in [0.2, 0.25) is 11.9 Å². The molecule has 3 aromatic rings. The van der Waals surface area contributed by atoms with E-state index in [-0.39, 0.29) is 17.3 Å². The summed E-state index contributed by atoms with van der Waals surface area (Å²) in [5, 5.41) is 15.2. The lowest BCUT2D eigenvalue weighted by Gasteiger charge is -2.28. The van der Waals surface area contributed by atoms with Gasteiger partial charge in [-0.3, -0.25) is 19.6 Å². The number of aromatic amines is 1. The molecule has 32 heavy (non-hydrogen) atoms. The summed E-state index contributed by atoms with van der Waals surface area (Å²) in [7, 11) is 0. The van der Waals surface area contributed by atoms with Gasteiger partial charge in [0.25, 0.3) is 5.56 Å². The summed E-state index contributed by atoms with van der Waals surface area (Å²) in [5.41, 5.74) is 1.29. The minimum Gasteiger partial charge on any atom is -0.486 e. The summed E-state index contributed by atoms with van der Waals surface area (Å²) in [5.74, 6) is -0.655. The number of carbonyl (C=O) groups is 1. The fourth-order valence-electron chi connectivity index (χ4n) is 3.90. The van der Waals surface area contributed by atoms with Crippen molar-refractivity contribution in [3.05, 3.63) is 69.8 Å². The van der Waals surface area contributed by atoms with Crippen molar-refractivity contribution in [2.24, 2.45) is 5.92 Å². The second-order valence-electron chi connectivity index (χ2n) is 7.37. The summed E-state index contributed by atoms with van der Waals surface area (Å²) in [6.45, 7) is 1.37. The Morgan fingerprint density at radius 3 is 2.81 bits per heavy atom. The molecule has 0 saturated heterocycles. The lowest BCUT2D eigenvalue weighted by molar-refractivity contribution is -0.119. The van der Waals surface area contributed by atoms with E-state index >= 15 is 0 Å². The SMILES string of the molecule is N#CC1C(=O)Nc2nc(NCc3ccc4c(c3)OCCO4)[nH]c(=O)c2C1c1cccnc1. The summed E-state index contributed by atoms with van der Waals surface area (Å²) in [6.07, 6.45) is 3.13. The Morgan fingerprint density at radius 2 is 2.03 bits per heavy atom. The van der Waals surface area contributed by atoms with Crippen LogP contribution in [-0.4, -0.2) is 34.1 Å². The number of nitriles is 1. The predicted molar refractivity (Wildman–Crippen MR) is 113 cm³/mol. The standard InChI is InChI=1S/C22H18N6O4/c23-9-14-17(13-2-1-5-24-11-13)18-19(26-20(14)29)27-22(28-21(18)30)25-10-12-3-4-15-16(8-12)32-7-6-31-15/h1-5,8,11,14,17H,6-7,10H2,(H3,25,26,27,28,29,30). The van der Waals surface area contributed by atoms with Gasteiger partial charge in [0.1, 0.15) is 24.9 Å². The molecule has 1 aromatic carbocycles. The predicted octanol–water partition coefficient (Wildman–Crippen LogP) is 1.77. The fourth-order valence-corrected chi connectivity index (χ4v) is 3.90. The van der Waals surface area contributed by atoms with Crippen molar-refractivity contribution in [1.82, 2.24) is 15.0 Å². The Kier molecular flexibility index (Phi) is 4.91. The normalized spacial score (nSPS) is 18.8. The maximum absolute atomic E-state index is 13.0. The van der Waals surface area contributed by atoms with Crippen LogP contribution in [0.5, 0.6) is 11.5 Å². The Balaban J connectivity index is 1.45. The van der Waals surface area contributed by atoms with E-state index in [0.29, 0.717) is 36.8 Å². The van der Waals surface area contributed by atoms with Crippen LogP contribution in [0.1, 0.15) is 22.6 Å². The molecule has 0 fully saturated rings. The van der Waals surface area contributed by atoms with Crippen molar-refractivity contribution in [2.75, 3.05) is 23.8 Å². The molecule has 10 nitrogen and oxygen atoms in total. The van der Waals surface area contributed by atoms with Gasteiger partial charge in [0.15, 0.2) is 11.5 Å². The Morgan fingerprint density at radius 1 is 1.19 bits per heavy atom. The van der Waals surface area contributed by atoms with E-state index in [1.807, 2.05) is 24.3 Å². The molecule has 160 valence electrons. The number of aromatic nitrogens is 3. The first-order valence-electron chi connectivity index (χ1n) is 10.0. The molecule has 3 N–H and O–H groups in total. The molecule has 0 aliphatic carbocycles. The molecule has 0 spiro atoms. The fraction of sp³-hybridized carbons (Fsp3) is 0.227. The first kappa shape index (κ1) is 19.6. The van der Waals surface area contributed by atoms with Gasteiger partial charge in [-0.15, -0.1) is 0 Å². The molecule has 2 aliphatic rings. The average molecular weight is 430 g/mol. The smallest absolute Gasteiger partial charge is 0.258 e. The highest BCUT2D eigenvalue weighted by atomic mass is 16.6. The summed E-state index contributed by atoms with van der Waals surface area (Å²) in [4.78, 5) is 36.7. The van der Waals surface area contributed by atoms with Gasteiger partial charge in [-0.25, -0.2) is 0 Å². The van der Waals surface area contributed by atoms with E-state index in [4.69, 9.17) is 9.47 Å². The Labute approximate surface area is 182 Å². The summed E-state index contributed by atoms with van der Waals surface area (Å²) in [6, 6.07) is 11.0. The van der Waals surface area contributed by atoms with Crippen molar-refractivity contribution >= 4 is 17.7 Å². The largest absolute Gasteiger partial charge is 0.486 e. The second kappa shape index (κ2) is 8.03. The molecule has 0 radical (unpaired) electrons. The number of pyridine rings is 1. The number of amides is 1. The van der Waals surface area contributed by atoms with E-state index < -0.39 is 23.3 Å². The monoisotopic (exact) mass is 430 g/mol. The van der Waals surface area contributed by atoms with Gasteiger partial charge in [-0.2, -0.15) is 10.2 Å². The van der Waals surface area contributed by atoms with Crippen LogP contribution in [0.25, 0.3) is 0 Å². The number of fused-ring (bicyclic) bond motifs is 2. The third kappa shape index (κ3) is 3.50. The van der Waals surface area contributed by atoms with Crippen LogP contribution in [0.4, 0.5) is 11.8 Å². The van der Waals surface area contributed by atoms with Crippen LogP contribution >= 0.6 is 0 Å². The quantitative estimate of drug-likeness (QED) is 0.568. The molecule has 0 bridgehead atoms. The second-order valence-corrected chi connectivity index (χ2v) is 7.37. The van der Waals surface area contributed by atoms with Crippen molar-refractivity contribution in [3.63, 3.8) is 0 Å². The van der Waals surface area contributed by atoms with Gasteiger partial charge in [-0.05, 0) is 29.3 Å². The first-order chi connectivity index (χ1) is 15.6. The average Bonchev–Trinajstić information content (AvgIpc) is 2.82. The lowest BCUT2D eigenvalue weighted by Crippen LogP contribution is -2.38. The van der Waals surface area contributed by atoms with Crippen LogP contribution < -0.4 is 25.7 Å². The highest BCUT2D eigenvalue weighted by molar-refractivity contribution is 5.97. The van der Waals surface area contributed by atoms with E-state index in [1.54, 1.807) is 24.5 Å². The molecule has 0 saturated carbocycles. The zero-order valence-electron chi connectivity index (χ0n) is 16.8. The molecule has 1 amide bonds. The number of benzene rings is 1. The minimum atomic E-state index is -1.06. The molecule has 2 aromatic heterocycles. The van der Waals surface area contributed by atoms with Gasteiger partial charge < -0.3 is 20.1 Å². The van der Waals surface area contributed by atoms with Crippen molar-refractivity contribution in [2.45, 2.75) is 12.5 Å². The zero-order chi connectivity index (χ0) is 22.1. The highest BCUT2D eigenvalue weighted by Gasteiger charge is 2.40. The minimum absolute atomic E-state index is 0.128. The van der Waals surface area contributed by atoms with E-state index in [9.17, 15) is 14.9 Å². The molecular weight excluding hydrogens is 412 g/mol. The zero-order valence-corrected chi connectivity index (χ0v) is 16.8.